The van der Waals surface area contributed by atoms with Crippen molar-refractivity contribution in [1.82, 2.24) is 15.2 Å². The monoisotopic (exact) mass is 510 g/mol. The second-order valence-electron chi connectivity index (χ2n) is 9.12. The quantitative estimate of drug-likeness (QED) is 0.285. The van der Waals surface area contributed by atoms with Gasteiger partial charge in [-0.3, -0.25) is 14.5 Å². The number of H-pyrrole nitrogens is 1. The molecule has 0 bridgehead atoms. The number of anilines is 1. The fourth-order valence-corrected chi connectivity index (χ4v) is 5.64. The first-order valence-electron chi connectivity index (χ1n) is 12.0. The Bertz CT molecular complexity index is 1590. The Morgan fingerprint density at radius 1 is 1.08 bits per heavy atom. The summed E-state index contributed by atoms with van der Waals surface area (Å²) >= 11 is 6.36. The van der Waals surface area contributed by atoms with E-state index >= 15 is 0 Å². The Morgan fingerprint density at radius 2 is 1.86 bits per heavy atom. The van der Waals surface area contributed by atoms with Crippen LogP contribution in [0.15, 0.2) is 85.5 Å². The predicted octanol–water partition coefficient (Wildman–Crippen LogP) is 5.22. The number of halogens is 1. The number of imide groups is 1. The largest absolute Gasteiger partial charge is 0.356 e. The summed E-state index contributed by atoms with van der Waals surface area (Å²) in [6, 6.07) is 20.1. The number of nitrogens with zero attached hydrogens (tertiary/aromatic N) is 2. The number of rotatable bonds is 5. The summed E-state index contributed by atoms with van der Waals surface area (Å²) < 4.78 is 0. The maximum absolute atomic E-state index is 14.1. The molecule has 0 unspecified atom stereocenters. The lowest BCUT2D eigenvalue weighted by molar-refractivity contribution is -0.120. The normalized spacial score (nSPS) is 18.6. The van der Waals surface area contributed by atoms with Gasteiger partial charge in [-0.2, -0.15) is 0 Å². The summed E-state index contributed by atoms with van der Waals surface area (Å²) in [5, 5.41) is 4.30. The van der Waals surface area contributed by atoms with Crippen molar-refractivity contribution >= 4 is 46.0 Å². The third-order valence-corrected chi connectivity index (χ3v) is 7.25. The zero-order valence-electron chi connectivity index (χ0n) is 19.8. The van der Waals surface area contributed by atoms with Crippen LogP contribution in [0.5, 0.6) is 0 Å². The van der Waals surface area contributed by atoms with E-state index in [0.29, 0.717) is 11.4 Å². The van der Waals surface area contributed by atoms with E-state index < -0.39 is 18.1 Å². The first-order chi connectivity index (χ1) is 18.0. The standard InChI is InChI=1S/C29H23ClN4O3/c1-2-14-31-27(35)20-11-4-6-13-23(20)34-28(36)24-16-21-19-10-3-5-12-22(19)32-25(21)26(33(24)29(34)37)17-8-7-9-18(30)15-17/h2-13,15,24,26,32H,1,14,16H2,(H,31,35)/t24-,26-/m0/s1. The number of benzene rings is 3. The smallest absolute Gasteiger partial charge is 0.332 e. The summed E-state index contributed by atoms with van der Waals surface area (Å²) in [4.78, 5) is 47.1. The Labute approximate surface area is 218 Å². The molecule has 184 valence electrons. The zero-order chi connectivity index (χ0) is 25.7. The minimum atomic E-state index is -0.729. The van der Waals surface area contributed by atoms with Crippen LogP contribution in [-0.2, 0) is 11.2 Å². The van der Waals surface area contributed by atoms with Gasteiger partial charge >= 0.3 is 6.03 Å². The molecule has 1 saturated heterocycles. The molecule has 2 atom stereocenters. The number of para-hydroxylation sites is 2. The van der Waals surface area contributed by atoms with E-state index in [4.69, 9.17) is 11.6 Å². The van der Waals surface area contributed by atoms with Gasteiger partial charge < -0.3 is 10.3 Å². The number of urea groups is 1. The molecule has 4 amide bonds. The van der Waals surface area contributed by atoms with Crippen LogP contribution < -0.4 is 10.2 Å². The fraction of sp³-hybridized carbons (Fsp3) is 0.138. The topological polar surface area (TPSA) is 85.5 Å². The minimum absolute atomic E-state index is 0.245. The molecule has 1 aromatic heterocycles. The average molecular weight is 511 g/mol. The number of aromatic nitrogens is 1. The molecule has 2 N–H and O–H groups in total. The molecule has 0 aliphatic carbocycles. The van der Waals surface area contributed by atoms with Crippen molar-refractivity contribution in [3.05, 3.63) is 113 Å². The molecule has 4 aromatic rings. The van der Waals surface area contributed by atoms with Crippen LogP contribution in [0.4, 0.5) is 10.5 Å². The highest BCUT2D eigenvalue weighted by Crippen LogP contribution is 2.45. The van der Waals surface area contributed by atoms with Crippen LogP contribution in [0, 0.1) is 0 Å². The summed E-state index contributed by atoms with van der Waals surface area (Å²) in [6.45, 7) is 3.89. The number of amides is 4. The van der Waals surface area contributed by atoms with Gasteiger partial charge in [0.05, 0.1) is 11.3 Å². The zero-order valence-corrected chi connectivity index (χ0v) is 20.5. The first-order valence-corrected chi connectivity index (χ1v) is 12.4. The Morgan fingerprint density at radius 3 is 2.68 bits per heavy atom. The van der Waals surface area contributed by atoms with Gasteiger partial charge in [0.2, 0.25) is 0 Å². The number of hydrogen-bond donors (Lipinski definition) is 2. The van der Waals surface area contributed by atoms with E-state index in [2.05, 4.69) is 16.9 Å². The number of carbonyl (C=O) groups excluding carboxylic acids is 3. The van der Waals surface area contributed by atoms with Gasteiger partial charge in [0.25, 0.3) is 11.8 Å². The lowest BCUT2D eigenvalue weighted by Gasteiger charge is -2.36. The summed E-state index contributed by atoms with van der Waals surface area (Å²) in [5.41, 5.74) is 4.11. The van der Waals surface area contributed by atoms with Crippen LogP contribution >= 0.6 is 11.6 Å². The van der Waals surface area contributed by atoms with Crippen LogP contribution in [0.2, 0.25) is 5.02 Å². The number of hydrogen-bond acceptors (Lipinski definition) is 3. The molecule has 2 aliphatic rings. The van der Waals surface area contributed by atoms with E-state index in [1.807, 2.05) is 42.5 Å². The predicted molar refractivity (Wildman–Crippen MR) is 143 cm³/mol. The van der Waals surface area contributed by atoms with Crippen LogP contribution in [-0.4, -0.2) is 40.3 Å². The van der Waals surface area contributed by atoms with Crippen molar-refractivity contribution in [3.63, 3.8) is 0 Å². The summed E-state index contributed by atoms with van der Waals surface area (Å²) in [6.07, 6.45) is 1.93. The molecular formula is C29H23ClN4O3. The first kappa shape index (κ1) is 23.1. The third kappa shape index (κ3) is 3.62. The van der Waals surface area contributed by atoms with E-state index in [-0.39, 0.29) is 29.6 Å². The van der Waals surface area contributed by atoms with Crippen LogP contribution in [0.3, 0.4) is 0 Å². The molecule has 1 fully saturated rings. The highest BCUT2D eigenvalue weighted by atomic mass is 35.5. The Balaban J connectivity index is 1.50. The SMILES string of the molecule is C=CCNC(=O)c1ccccc1N1C(=O)[C@@H]2Cc3c([nH]c4ccccc34)[C@H](c3cccc(Cl)c3)N2C1=O. The molecular weight excluding hydrogens is 488 g/mol. The second kappa shape index (κ2) is 8.94. The molecule has 2 aliphatic heterocycles. The van der Waals surface area contributed by atoms with E-state index in [1.165, 1.54) is 0 Å². The number of carbonyl (C=O) groups is 3. The van der Waals surface area contributed by atoms with Gasteiger partial charge in [-0.25, -0.2) is 9.69 Å². The van der Waals surface area contributed by atoms with Crippen molar-refractivity contribution in [2.75, 3.05) is 11.4 Å². The number of nitrogens with one attached hydrogen (secondary N) is 2. The van der Waals surface area contributed by atoms with E-state index in [1.54, 1.807) is 41.3 Å². The van der Waals surface area contributed by atoms with E-state index in [0.717, 1.165) is 32.6 Å². The maximum atomic E-state index is 14.1. The van der Waals surface area contributed by atoms with Crippen LogP contribution in [0.1, 0.15) is 33.2 Å². The fourth-order valence-electron chi connectivity index (χ4n) is 5.44. The van der Waals surface area contributed by atoms with Gasteiger partial charge in [-0.1, -0.05) is 60.1 Å². The molecule has 8 heteroatoms. The number of fused-ring (bicyclic) bond motifs is 4. The number of aromatic amines is 1. The molecule has 37 heavy (non-hydrogen) atoms. The van der Waals surface area contributed by atoms with Gasteiger partial charge in [-0.15, -0.1) is 6.58 Å². The third-order valence-electron chi connectivity index (χ3n) is 7.01. The lowest BCUT2D eigenvalue weighted by Crippen LogP contribution is -2.44. The summed E-state index contributed by atoms with van der Waals surface area (Å²) in [7, 11) is 0. The Kier molecular flexibility index (Phi) is 5.57. The van der Waals surface area contributed by atoms with Gasteiger partial charge in [0.1, 0.15) is 12.1 Å². The molecule has 0 saturated carbocycles. The van der Waals surface area contributed by atoms with Gasteiger partial charge in [0, 0.05) is 34.6 Å². The van der Waals surface area contributed by atoms with Crippen molar-refractivity contribution in [2.45, 2.75) is 18.5 Å². The lowest BCUT2D eigenvalue weighted by atomic mass is 9.89. The summed E-state index contributed by atoms with van der Waals surface area (Å²) in [5.74, 6) is -0.750. The van der Waals surface area contributed by atoms with Crippen molar-refractivity contribution in [3.8, 4) is 0 Å². The second-order valence-corrected chi connectivity index (χ2v) is 9.56. The van der Waals surface area contributed by atoms with Crippen molar-refractivity contribution < 1.29 is 14.4 Å². The minimum Gasteiger partial charge on any atom is -0.356 e. The molecule has 6 rings (SSSR count). The molecule has 0 radical (unpaired) electrons. The Hall–Kier alpha value is -4.36. The molecule has 0 spiro atoms. The highest BCUT2D eigenvalue weighted by Gasteiger charge is 2.53. The van der Waals surface area contributed by atoms with Gasteiger partial charge in [0.15, 0.2) is 0 Å². The molecule has 7 nitrogen and oxygen atoms in total. The highest BCUT2D eigenvalue weighted by molar-refractivity contribution is 6.30. The van der Waals surface area contributed by atoms with Crippen molar-refractivity contribution in [1.29, 1.82) is 0 Å². The molecule has 3 heterocycles. The van der Waals surface area contributed by atoms with E-state index in [9.17, 15) is 14.4 Å². The van der Waals surface area contributed by atoms with Crippen LogP contribution in [0.25, 0.3) is 10.9 Å². The average Bonchev–Trinajstić information content (AvgIpc) is 3.40. The van der Waals surface area contributed by atoms with Crippen molar-refractivity contribution in [2.24, 2.45) is 0 Å². The maximum Gasteiger partial charge on any atom is 0.332 e. The van der Waals surface area contributed by atoms with Gasteiger partial charge in [-0.05, 0) is 41.5 Å². The molecule has 3 aromatic carbocycles.